The average Bonchev–Trinajstić information content (AvgIpc) is 3.26. The summed E-state index contributed by atoms with van der Waals surface area (Å²) in [7, 11) is 0. The van der Waals surface area contributed by atoms with Gasteiger partial charge >= 0.3 is 0 Å². The van der Waals surface area contributed by atoms with Crippen molar-refractivity contribution >= 4 is 23.4 Å². The SMILES string of the molecule is CCCN(CCC)C(=O)CCCSc1nnc(-c2ccc([N+](=O)[O-])cc2)n1-c1ccccc1. The Hall–Kier alpha value is -3.20. The Bertz CT molecular complexity index is 1050. The molecule has 0 aliphatic carbocycles. The Kier molecular flexibility index (Phi) is 9.00. The van der Waals surface area contributed by atoms with Crippen molar-refractivity contribution in [2.75, 3.05) is 18.8 Å². The van der Waals surface area contributed by atoms with E-state index in [9.17, 15) is 14.9 Å². The lowest BCUT2D eigenvalue weighted by Crippen LogP contribution is -2.32. The van der Waals surface area contributed by atoms with Gasteiger partial charge in [0.2, 0.25) is 5.91 Å². The molecule has 0 saturated carbocycles. The van der Waals surface area contributed by atoms with Crippen molar-refractivity contribution in [3.8, 4) is 17.1 Å². The van der Waals surface area contributed by atoms with Crippen molar-refractivity contribution in [1.29, 1.82) is 0 Å². The van der Waals surface area contributed by atoms with E-state index in [1.54, 1.807) is 23.9 Å². The molecular weight excluding hydrogens is 438 g/mol. The summed E-state index contributed by atoms with van der Waals surface area (Å²) in [5.74, 6) is 1.56. The Morgan fingerprint density at radius 1 is 1.03 bits per heavy atom. The second kappa shape index (κ2) is 12.2. The van der Waals surface area contributed by atoms with Crippen molar-refractivity contribution < 1.29 is 9.72 Å². The lowest BCUT2D eigenvalue weighted by molar-refractivity contribution is -0.384. The second-order valence-corrected chi connectivity index (χ2v) is 8.68. The number of nitrogens with zero attached hydrogens (tertiary/aromatic N) is 5. The zero-order valence-corrected chi connectivity index (χ0v) is 19.8. The first-order valence-corrected chi connectivity index (χ1v) is 12.2. The number of non-ortho nitro benzene ring substituents is 1. The number of rotatable bonds is 12. The van der Waals surface area contributed by atoms with Crippen LogP contribution >= 0.6 is 11.8 Å². The normalized spacial score (nSPS) is 10.8. The van der Waals surface area contributed by atoms with E-state index in [0.717, 1.165) is 54.5 Å². The van der Waals surface area contributed by atoms with Crippen LogP contribution in [0.3, 0.4) is 0 Å². The largest absolute Gasteiger partial charge is 0.343 e. The number of aromatic nitrogens is 3. The molecule has 0 atom stereocenters. The number of amides is 1. The number of hydrogen-bond donors (Lipinski definition) is 0. The molecule has 0 fully saturated rings. The van der Waals surface area contributed by atoms with Crippen LogP contribution in [0.2, 0.25) is 0 Å². The fourth-order valence-corrected chi connectivity index (χ4v) is 4.43. The minimum atomic E-state index is -0.420. The average molecular weight is 468 g/mol. The minimum absolute atomic E-state index is 0.0315. The maximum absolute atomic E-state index is 12.5. The summed E-state index contributed by atoms with van der Waals surface area (Å²) in [6.07, 6.45) is 3.20. The molecule has 0 N–H and O–H groups in total. The first-order chi connectivity index (χ1) is 16.0. The van der Waals surface area contributed by atoms with E-state index in [0.29, 0.717) is 12.2 Å². The zero-order chi connectivity index (χ0) is 23.6. The highest BCUT2D eigenvalue weighted by Gasteiger charge is 2.18. The van der Waals surface area contributed by atoms with Crippen LogP contribution in [-0.2, 0) is 4.79 Å². The fourth-order valence-electron chi connectivity index (χ4n) is 3.54. The van der Waals surface area contributed by atoms with E-state index in [-0.39, 0.29) is 11.6 Å². The molecule has 0 radical (unpaired) electrons. The van der Waals surface area contributed by atoms with Gasteiger partial charge in [-0.05, 0) is 43.5 Å². The topological polar surface area (TPSA) is 94.2 Å². The summed E-state index contributed by atoms with van der Waals surface area (Å²) in [4.78, 5) is 25.0. The van der Waals surface area contributed by atoms with E-state index in [4.69, 9.17) is 0 Å². The van der Waals surface area contributed by atoms with E-state index in [2.05, 4.69) is 24.0 Å². The molecule has 1 heterocycles. The maximum Gasteiger partial charge on any atom is 0.269 e. The van der Waals surface area contributed by atoms with Gasteiger partial charge in [-0.2, -0.15) is 0 Å². The highest BCUT2D eigenvalue weighted by molar-refractivity contribution is 7.99. The Morgan fingerprint density at radius 2 is 1.70 bits per heavy atom. The van der Waals surface area contributed by atoms with Gasteiger partial charge in [0.25, 0.3) is 5.69 Å². The molecule has 174 valence electrons. The fraction of sp³-hybridized carbons (Fsp3) is 0.375. The molecule has 0 bridgehead atoms. The summed E-state index contributed by atoms with van der Waals surface area (Å²) in [6.45, 7) is 5.79. The minimum Gasteiger partial charge on any atom is -0.343 e. The van der Waals surface area contributed by atoms with Crippen LogP contribution < -0.4 is 0 Å². The van der Waals surface area contributed by atoms with Crippen LogP contribution in [0.5, 0.6) is 0 Å². The molecule has 0 aliphatic rings. The van der Waals surface area contributed by atoms with Crippen LogP contribution in [0.4, 0.5) is 5.69 Å². The summed E-state index contributed by atoms with van der Waals surface area (Å²) >= 11 is 1.56. The van der Waals surface area contributed by atoms with Crippen molar-refractivity contribution in [2.45, 2.75) is 44.7 Å². The predicted octanol–water partition coefficient (Wildman–Crippen LogP) is 5.36. The van der Waals surface area contributed by atoms with Crippen molar-refractivity contribution in [2.24, 2.45) is 0 Å². The number of thioether (sulfide) groups is 1. The van der Waals surface area contributed by atoms with Gasteiger partial charge in [0.1, 0.15) is 0 Å². The zero-order valence-electron chi connectivity index (χ0n) is 19.0. The lowest BCUT2D eigenvalue weighted by atomic mass is 10.2. The lowest BCUT2D eigenvalue weighted by Gasteiger charge is -2.21. The quantitative estimate of drug-likeness (QED) is 0.154. The number of para-hydroxylation sites is 1. The first-order valence-electron chi connectivity index (χ1n) is 11.2. The number of benzene rings is 2. The molecule has 0 unspecified atom stereocenters. The number of hydrogen-bond acceptors (Lipinski definition) is 6. The Morgan fingerprint density at radius 3 is 2.30 bits per heavy atom. The maximum atomic E-state index is 12.5. The Balaban J connectivity index is 1.75. The van der Waals surface area contributed by atoms with Crippen LogP contribution in [0.15, 0.2) is 59.8 Å². The third-order valence-corrected chi connectivity index (χ3v) is 6.11. The standard InChI is InChI=1S/C24H29N5O3S/c1-3-16-27(17-4-2)22(30)11-8-18-33-24-26-25-23(28(24)20-9-6-5-7-10-20)19-12-14-21(15-13-19)29(31)32/h5-7,9-10,12-15H,3-4,8,11,16-18H2,1-2H3. The molecule has 8 nitrogen and oxygen atoms in total. The molecule has 1 aromatic heterocycles. The van der Waals surface area contributed by atoms with Gasteiger partial charge in [0.05, 0.1) is 4.92 Å². The van der Waals surface area contributed by atoms with Crippen LogP contribution in [-0.4, -0.2) is 49.3 Å². The van der Waals surface area contributed by atoms with E-state index in [1.165, 1.54) is 12.1 Å². The summed E-state index contributed by atoms with van der Waals surface area (Å²) in [5.41, 5.74) is 1.68. The number of carbonyl (C=O) groups excluding carboxylic acids is 1. The van der Waals surface area contributed by atoms with Crippen molar-refractivity contribution in [1.82, 2.24) is 19.7 Å². The number of nitro groups is 1. The molecule has 33 heavy (non-hydrogen) atoms. The molecule has 3 rings (SSSR count). The third kappa shape index (κ3) is 6.41. The van der Waals surface area contributed by atoms with E-state index < -0.39 is 4.92 Å². The highest BCUT2D eigenvalue weighted by atomic mass is 32.2. The van der Waals surface area contributed by atoms with Gasteiger partial charge in [-0.25, -0.2) is 0 Å². The smallest absolute Gasteiger partial charge is 0.269 e. The summed E-state index contributed by atoms with van der Waals surface area (Å²) < 4.78 is 1.95. The van der Waals surface area contributed by atoms with Gasteiger partial charge in [-0.15, -0.1) is 10.2 Å². The second-order valence-electron chi connectivity index (χ2n) is 7.61. The third-order valence-electron chi connectivity index (χ3n) is 5.09. The van der Waals surface area contributed by atoms with Gasteiger partial charge in [0, 0.05) is 48.6 Å². The molecule has 1 amide bonds. The van der Waals surface area contributed by atoms with Crippen molar-refractivity contribution in [3.05, 3.63) is 64.7 Å². The van der Waals surface area contributed by atoms with Crippen molar-refractivity contribution in [3.63, 3.8) is 0 Å². The Labute approximate surface area is 198 Å². The van der Waals surface area contributed by atoms with Crippen LogP contribution in [0.25, 0.3) is 17.1 Å². The molecule has 9 heteroatoms. The highest BCUT2D eigenvalue weighted by Crippen LogP contribution is 2.29. The molecule has 0 spiro atoms. The van der Waals surface area contributed by atoms with E-state index >= 15 is 0 Å². The van der Waals surface area contributed by atoms with Gasteiger partial charge in [0.15, 0.2) is 11.0 Å². The molecule has 2 aromatic carbocycles. The monoisotopic (exact) mass is 467 g/mol. The summed E-state index contributed by atoms with van der Waals surface area (Å²) in [5, 5.41) is 20.5. The summed E-state index contributed by atoms with van der Waals surface area (Å²) in [6, 6.07) is 16.1. The first kappa shape index (κ1) is 24.4. The molecule has 0 saturated heterocycles. The molecule has 0 aliphatic heterocycles. The van der Waals surface area contributed by atoms with Gasteiger partial charge < -0.3 is 4.90 Å². The van der Waals surface area contributed by atoms with Gasteiger partial charge in [-0.3, -0.25) is 19.5 Å². The molecule has 3 aromatic rings. The number of nitro benzene ring substituents is 1. The molecular formula is C24H29N5O3S. The van der Waals surface area contributed by atoms with E-state index in [1.807, 2.05) is 39.8 Å². The van der Waals surface area contributed by atoms with Crippen LogP contribution in [0.1, 0.15) is 39.5 Å². The number of carbonyl (C=O) groups is 1. The van der Waals surface area contributed by atoms with Crippen LogP contribution in [0, 0.1) is 10.1 Å². The van der Waals surface area contributed by atoms with Gasteiger partial charge in [-0.1, -0.05) is 43.8 Å². The predicted molar refractivity (Wildman–Crippen MR) is 131 cm³/mol.